The first kappa shape index (κ1) is 16.0. The third-order valence-electron chi connectivity index (χ3n) is 3.22. The molecule has 0 aliphatic rings. The summed E-state index contributed by atoms with van der Waals surface area (Å²) in [6.07, 6.45) is 0. The molecule has 1 N–H and O–H groups in total. The molecule has 4 heteroatoms. The Hall–Kier alpha value is -1.39. The van der Waals surface area contributed by atoms with Crippen molar-refractivity contribution in [2.75, 3.05) is 6.54 Å². The summed E-state index contributed by atoms with van der Waals surface area (Å²) in [5.41, 5.74) is 1.89. The number of hydrogen-bond acceptors (Lipinski definition) is 2. The van der Waals surface area contributed by atoms with E-state index in [4.69, 9.17) is 0 Å². The molecule has 21 heavy (non-hydrogen) atoms. The van der Waals surface area contributed by atoms with Gasteiger partial charge in [0.15, 0.2) is 0 Å². The second kappa shape index (κ2) is 7.57. The molecule has 112 valence electrons. The minimum absolute atomic E-state index is 0.325. The molecule has 0 bridgehead atoms. The summed E-state index contributed by atoms with van der Waals surface area (Å²) in [6.45, 7) is 5.14. The Kier molecular flexibility index (Phi) is 5.76. The van der Waals surface area contributed by atoms with Crippen LogP contribution in [0.5, 0.6) is 0 Å². The minimum atomic E-state index is -0.527. The monoisotopic (exact) mass is 307 g/mol. The first-order valence-corrected chi connectivity index (χ1v) is 7.98. The maximum atomic E-state index is 13.1. The molecule has 0 radical (unpaired) electrons. The minimum Gasteiger partial charge on any atom is -0.310 e. The van der Waals surface area contributed by atoms with E-state index in [9.17, 15) is 8.78 Å². The highest BCUT2D eigenvalue weighted by molar-refractivity contribution is 7.98. The molecule has 2 aromatic rings. The summed E-state index contributed by atoms with van der Waals surface area (Å²) in [7, 11) is 0. The van der Waals surface area contributed by atoms with Crippen molar-refractivity contribution in [1.82, 2.24) is 5.32 Å². The molecule has 1 atom stereocenters. The van der Waals surface area contributed by atoms with Crippen LogP contribution in [0.15, 0.2) is 47.4 Å². The quantitative estimate of drug-likeness (QED) is 0.760. The van der Waals surface area contributed by atoms with Crippen LogP contribution in [-0.4, -0.2) is 6.54 Å². The topological polar surface area (TPSA) is 12.0 Å². The second-order valence-electron chi connectivity index (χ2n) is 4.91. The van der Waals surface area contributed by atoms with E-state index in [1.807, 2.05) is 12.1 Å². The zero-order valence-corrected chi connectivity index (χ0v) is 13.0. The van der Waals surface area contributed by atoms with Gasteiger partial charge in [-0.15, -0.1) is 11.8 Å². The molecule has 1 nitrogen and oxygen atoms in total. The van der Waals surface area contributed by atoms with Crippen LogP contribution >= 0.6 is 11.8 Å². The van der Waals surface area contributed by atoms with Crippen LogP contribution in [0.2, 0.25) is 0 Å². The van der Waals surface area contributed by atoms with Crippen LogP contribution in [0.3, 0.4) is 0 Å². The number of nitrogens with one attached hydrogen (secondary N) is 1. The third kappa shape index (κ3) is 4.83. The molecule has 0 amide bonds. The summed E-state index contributed by atoms with van der Waals surface area (Å²) in [5.74, 6) is -0.502. The van der Waals surface area contributed by atoms with Gasteiger partial charge in [0.05, 0.1) is 0 Å². The molecule has 0 aromatic heterocycles. The fourth-order valence-electron chi connectivity index (χ4n) is 2.14. The molecule has 2 rings (SSSR count). The molecule has 0 aliphatic carbocycles. The highest BCUT2D eigenvalue weighted by Gasteiger charge is 2.05. The summed E-state index contributed by atoms with van der Waals surface area (Å²) in [5, 5.41) is 3.36. The van der Waals surface area contributed by atoms with Crippen molar-refractivity contribution in [3.63, 3.8) is 0 Å². The summed E-state index contributed by atoms with van der Waals surface area (Å²) in [4.78, 5) is 1.09. The number of halogens is 2. The number of rotatable bonds is 6. The molecule has 0 fully saturated rings. The van der Waals surface area contributed by atoms with Crippen LogP contribution in [0, 0.1) is 11.6 Å². The van der Waals surface area contributed by atoms with Gasteiger partial charge in [-0.3, -0.25) is 0 Å². The lowest BCUT2D eigenvalue weighted by molar-refractivity contribution is 0.581. The number of hydrogen-bond donors (Lipinski definition) is 1. The average molecular weight is 307 g/mol. The molecule has 1 unspecified atom stereocenters. The Balaban J connectivity index is 1.97. The average Bonchev–Trinajstić information content (AvgIpc) is 2.45. The number of thioether (sulfide) groups is 1. The van der Waals surface area contributed by atoms with Crippen molar-refractivity contribution >= 4 is 11.8 Å². The van der Waals surface area contributed by atoms with E-state index in [1.54, 1.807) is 11.8 Å². The van der Waals surface area contributed by atoms with Crippen LogP contribution in [-0.2, 0) is 5.75 Å². The Bertz CT molecular complexity index is 564. The molecular formula is C17H19F2NS. The Morgan fingerprint density at radius 2 is 1.67 bits per heavy atom. The van der Waals surface area contributed by atoms with E-state index in [0.717, 1.165) is 17.5 Å². The van der Waals surface area contributed by atoms with Gasteiger partial charge >= 0.3 is 0 Å². The lowest BCUT2D eigenvalue weighted by Gasteiger charge is -2.13. The van der Waals surface area contributed by atoms with Gasteiger partial charge in [0, 0.05) is 22.8 Å². The Morgan fingerprint density at radius 3 is 2.24 bits per heavy atom. The third-order valence-corrected chi connectivity index (χ3v) is 4.30. The Morgan fingerprint density at radius 1 is 1.05 bits per heavy atom. The van der Waals surface area contributed by atoms with Crippen LogP contribution < -0.4 is 5.32 Å². The molecule has 0 heterocycles. The molecule has 0 spiro atoms. The zero-order valence-electron chi connectivity index (χ0n) is 12.2. The second-order valence-corrected chi connectivity index (χ2v) is 5.96. The van der Waals surface area contributed by atoms with E-state index in [-0.39, 0.29) is 0 Å². The van der Waals surface area contributed by atoms with Gasteiger partial charge in [0.1, 0.15) is 11.6 Å². The van der Waals surface area contributed by atoms with E-state index >= 15 is 0 Å². The van der Waals surface area contributed by atoms with Gasteiger partial charge in [0.2, 0.25) is 0 Å². The van der Waals surface area contributed by atoms with Gasteiger partial charge in [-0.1, -0.05) is 19.1 Å². The Labute approximate surface area is 128 Å². The lowest BCUT2D eigenvalue weighted by Crippen LogP contribution is -2.17. The summed E-state index contributed by atoms with van der Waals surface area (Å²) >= 11 is 1.57. The molecule has 0 aliphatic heterocycles. The van der Waals surface area contributed by atoms with E-state index in [2.05, 4.69) is 31.3 Å². The predicted molar refractivity (Wildman–Crippen MR) is 84.5 cm³/mol. The summed E-state index contributed by atoms with van der Waals surface area (Å²) in [6, 6.07) is 12.2. The van der Waals surface area contributed by atoms with Crippen LogP contribution in [0.4, 0.5) is 8.78 Å². The predicted octanol–water partition coefficient (Wildman–Crippen LogP) is 4.93. The summed E-state index contributed by atoms with van der Waals surface area (Å²) < 4.78 is 26.2. The molecular weight excluding hydrogens is 288 g/mol. The molecule has 0 saturated heterocycles. The van der Waals surface area contributed by atoms with Crippen molar-refractivity contribution in [2.24, 2.45) is 0 Å². The maximum Gasteiger partial charge on any atom is 0.126 e. The molecule has 2 aromatic carbocycles. The van der Waals surface area contributed by atoms with Gasteiger partial charge in [-0.05, 0) is 48.9 Å². The normalized spacial score (nSPS) is 12.4. The van der Waals surface area contributed by atoms with Crippen molar-refractivity contribution in [3.8, 4) is 0 Å². The first-order chi connectivity index (χ1) is 10.1. The first-order valence-electron chi connectivity index (χ1n) is 6.99. The fourth-order valence-corrected chi connectivity index (χ4v) is 2.97. The van der Waals surface area contributed by atoms with Crippen molar-refractivity contribution in [3.05, 3.63) is 65.2 Å². The largest absolute Gasteiger partial charge is 0.310 e. The SMILES string of the molecule is CCNC(C)c1ccc(SCc2cc(F)cc(F)c2)cc1. The molecule has 0 saturated carbocycles. The highest BCUT2D eigenvalue weighted by atomic mass is 32.2. The van der Waals surface area contributed by atoms with Crippen molar-refractivity contribution in [2.45, 2.75) is 30.5 Å². The fraction of sp³-hybridized carbons (Fsp3) is 0.294. The van der Waals surface area contributed by atoms with Gasteiger partial charge < -0.3 is 5.32 Å². The van der Waals surface area contributed by atoms with E-state index in [1.165, 1.54) is 17.7 Å². The highest BCUT2D eigenvalue weighted by Crippen LogP contribution is 2.25. The van der Waals surface area contributed by atoms with E-state index < -0.39 is 11.6 Å². The smallest absolute Gasteiger partial charge is 0.126 e. The van der Waals surface area contributed by atoms with Crippen molar-refractivity contribution in [1.29, 1.82) is 0 Å². The standard InChI is InChI=1S/C17H19F2NS/c1-3-20-12(2)14-4-6-17(7-5-14)21-11-13-8-15(18)10-16(19)9-13/h4-10,12,20H,3,11H2,1-2H3. The van der Waals surface area contributed by atoms with Gasteiger partial charge in [-0.2, -0.15) is 0 Å². The zero-order chi connectivity index (χ0) is 15.2. The van der Waals surface area contributed by atoms with Crippen molar-refractivity contribution < 1.29 is 8.78 Å². The van der Waals surface area contributed by atoms with Gasteiger partial charge in [0.25, 0.3) is 0 Å². The van der Waals surface area contributed by atoms with Gasteiger partial charge in [-0.25, -0.2) is 8.78 Å². The lowest BCUT2D eigenvalue weighted by atomic mass is 10.1. The maximum absolute atomic E-state index is 13.1. The van der Waals surface area contributed by atoms with E-state index in [0.29, 0.717) is 17.4 Å². The van der Waals surface area contributed by atoms with Crippen LogP contribution in [0.1, 0.15) is 31.0 Å². The number of benzene rings is 2. The van der Waals surface area contributed by atoms with Crippen LogP contribution in [0.25, 0.3) is 0 Å².